The van der Waals surface area contributed by atoms with Gasteiger partial charge in [-0.25, -0.2) is 0 Å². The number of nitrogens with one attached hydrogen (secondary N) is 1. The molecule has 1 aliphatic rings. The number of aliphatic carboxylic acids is 1. The second kappa shape index (κ2) is 7.67. The molecule has 4 heteroatoms. The number of likely N-dealkylation sites (tertiary alicyclic amines) is 1. The summed E-state index contributed by atoms with van der Waals surface area (Å²) in [6.07, 6.45) is 5.04. The average molecular weight is 242 g/mol. The van der Waals surface area contributed by atoms with E-state index in [9.17, 15) is 4.79 Å². The van der Waals surface area contributed by atoms with E-state index in [2.05, 4.69) is 17.1 Å². The minimum absolute atomic E-state index is 0.414. The molecule has 0 radical (unpaired) electrons. The highest BCUT2D eigenvalue weighted by Gasteiger charge is 2.23. The van der Waals surface area contributed by atoms with Crippen LogP contribution < -0.4 is 5.32 Å². The van der Waals surface area contributed by atoms with Crippen LogP contribution in [0.4, 0.5) is 0 Å². The highest BCUT2D eigenvalue weighted by atomic mass is 16.4. The SMILES string of the molecule is CCCC1CCN(CC(NCC)C(=O)O)CC1. The summed E-state index contributed by atoms with van der Waals surface area (Å²) in [5.41, 5.74) is 0. The van der Waals surface area contributed by atoms with E-state index in [-0.39, 0.29) is 0 Å². The van der Waals surface area contributed by atoms with Crippen molar-refractivity contribution in [1.29, 1.82) is 0 Å². The van der Waals surface area contributed by atoms with Crippen LogP contribution in [0.3, 0.4) is 0 Å². The smallest absolute Gasteiger partial charge is 0.322 e. The van der Waals surface area contributed by atoms with Gasteiger partial charge in [-0.15, -0.1) is 0 Å². The zero-order valence-corrected chi connectivity index (χ0v) is 11.1. The van der Waals surface area contributed by atoms with E-state index < -0.39 is 12.0 Å². The molecule has 1 rings (SSSR count). The lowest BCUT2D eigenvalue weighted by molar-refractivity contribution is -0.140. The number of rotatable bonds is 7. The lowest BCUT2D eigenvalue weighted by Gasteiger charge is -2.33. The Morgan fingerprint density at radius 1 is 1.41 bits per heavy atom. The predicted molar refractivity (Wildman–Crippen MR) is 69.2 cm³/mol. The number of carbonyl (C=O) groups is 1. The highest BCUT2D eigenvalue weighted by Crippen LogP contribution is 2.21. The number of nitrogens with zero attached hydrogens (tertiary/aromatic N) is 1. The normalized spacial score (nSPS) is 20.4. The summed E-state index contributed by atoms with van der Waals surface area (Å²) < 4.78 is 0. The zero-order chi connectivity index (χ0) is 12.7. The molecule has 1 aliphatic heterocycles. The van der Waals surface area contributed by atoms with Crippen molar-refractivity contribution in [3.05, 3.63) is 0 Å². The van der Waals surface area contributed by atoms with Crippen LogP contribution in [0.5, 0.6) is 0 Å². The van der Waals surface area contributed by atoms with Crippen LogP contribution in [0.15, 0.2) is 0 Å². The molecule has 0 bridgehead atoms. The van der Waals surface area contributed by atoms with Crippen LogP contribution in [0.25, 0.3) is 0 Å². The molecule has 1 fully saturated rings. The summed E-state index contributed by atoms with van der Waals surface area (Å²) >= 11 is 0. The minimum Gasteiger partial charge on any atom is -0.480 e. The van der Waals surface area contributed by atoms with Crippen molar-refractivity contribution in [3.8, 4) is 0 Å². The Kier molecular flexibility index (Phi) is 6.52. The second-order valence-electron chi connectivity index (χ2n) is 4.98. The van der Waals surface area contributed by atoms with Crippen molar-refractivity contribution < 1.29 is 9.90 Å². The second-order valence-corrected chi connectivity index (χ2v) is 4.98. The highest BCUT2D eigenvalue weighted by molar-refractivity contribution is 5.73. The summed E-state index contributed by atoms with van der Waals surface area (Å²) in [4.78, 5) is 13.3. The molecule has 0 aromatic carbocycles. The monoisotopic (exact) mass is 242 g/mol. The largest absolute Gasteiger partial charge is 0.480 e. The Balaban J connectivity index is 2.30. The van der Waals surface area contributed by atoms with Crippen LogP contribution >= 0.6 is 0 Å². The third kappa shape index (κ3) is 5.04. The molecule has 1 saturated heterocycles. The maximum atomic E-state index is 11.0. The zero-order valence-electron chi connectivity index (χ0n) is 11.1. The maximum Gasteiger partial charge on any atom is 0.322 e. The first-order chi connectivity index (χ1) is 8.17. The Bertz CT molecular complexity index is 225. The van der Waals surface area contributed by atoms with Gasteiger partial charge in [0.25, 0.3) is 0 Å². The van der Waals surface area contributed by atoms with Gasteiger partial charge in [-0.1, -0.05) is 26.7 Å². The molecule has 0 aromatic heterocycles. The standard InChI is InChI=1S/C13H26N2O2/c1-3-5-11-6-8-15(9-7-11)10-12(13(16)17)14-4-2/h11-12,14H,3-10H2,1-2H3,(H,16,17). The molecule has 17 heavy (non-hydrogen) atoms. The van der Waals surface area contributed by atoms with Crippen molar-refractivity contribution >= 4 is 5.97 Å². The molecular formula is C13H26N2O2. The lowest BCUT2D eigenvalue weighted by Crippen LogP contribution is -2.48. The van der Waals surface area contributed by atoms with Gasteiger partial charge in [0, 0.05) is 6.54 Å². The van der Waals surface area contributed by atoms with Gasteiger partial charge < -0.3 is 15.3 Å². The van der Waals surface area contributed by atoms with Gasteiger partial charge in [0.2, 0.25) is 0 Å². The summed E-state index contributed by atoms with van der Waals surface area (Å²) in [5, 5.41) is 12.1. The average Bonchev–Trinajstić information content (AvgIpc) is 2.31. The maximum absolute atomic E-state index is 11.0. The van der Waals surface area contributed by atoms with Gasteiger partial charge in [0.05, 0.1) is 0 Å². The number of hydrogen-bond donors (Lipinski definition) is 2. The van der Waals surface area contributed by atoms with Gasteiger partial charge in [-0.2, -0.15) is 0 Å². The third-order valence-electron chi connectivity index (χ3n) is 3.59. The van der Waals surface area contributed by atoms with E-state index in [1.54, 1.807) is 0 Å². The number of carboxylic acid groups (broad SMARTS) is 1. The Hall–Kier alpha value is -0.610. The molecule has 0 spiro atoms. The van der Waals surface area contributed by atoms with E-state index in [0.29, 0.717) is 13.1 Å². The fraction of sp³-hybridized carbons (Fsp3) is 0.923. The fourth-order valence-corrected chi connectivity index (χ4v) is 2.60. The summed E-state index contributed by atoms with van der Waals surface area (Å²) in [5.74, 6) is 0.126. The fourth-order valence-electron chi connectivity index (χ4n) is 2.60. The number of hydrogen-bond acceptors (Lipinski definition) is 3. The first-order valence-corrected chi connectivity index (χ1v) is 6.85. The van der Waals surface area contributed by atoms with Crippen LogP contribution in [0.2, 0.25) is 0 Å². The van der Waals surface area contributed by atoms with Gasteiger partial charge in [-0.05, 0) is 38.4 Å². The molecule has 0 aliphatic carbocycles. The third-order valence-corrected chi connectivity index (χ3v) is 3.59. The van der Waals surface area contributed by atoms with Gasteiger partial charge >= 0.3 is 5.97 Å². The van der Waals surface area contributed by atoms with Crippen molar-refractivity contribution in [2.24, 2.45) is 5.92 Å². The number of likely N-dealkylation sites (N-methyl/N-ethyl adjacent to an activating group) is 1. The molecule has 0 aromatic rings. The summed E-state index contributed by atoms with van der Waals surface area (Å²) in [6.45, 7) is 7.65. The van der Waals surface area contributed by atoms with Gasteiger partial charge in [0.1, 0.15) is 6.04 Å². The molecule has 1 unspecified atom stereocenters. The van der Waals surface area contributed by atoms with Crippen molar-refractivity contribution in [1.82, 2.24) is 10.2 Å². The van der Waals surface area contributed by atoms with Crippen molar-refractivity contribution in [2.75, 3.05) is 26.2 Å². The number of carboxylic acids is 1. The number of piperidine rings is 1. The Morgan fingerprint density at radius 3 is 2.53 bits per heavy atom. The van der Waals surface area contributed by atoms with E-state index in [1.807, 2.05) is 6.92 Å². The molecule has 0 amide bonds. The first-order valence-electron chi connectivity index (χ1n) is 6.85. The molecule has 1 heterocycles. The summed E-state index contributed by atoms with van der Waals surface area (Å²) in [6, 6.07) is -0.414. The molecule has 100 valence electrons. The van der Waals surface area contributed by atoms with Crippen LogP contribution in [0.1, 0.15) is 39.5 Å². The van der Waals surface area contributed by atoms with Crippen LogP contribution in [-0.2, 0) is 4.79 Å². The van der Waals surface area contributed by atoms with E-state index in [4.69, 9.17) is 5.11 Å². The molecule has 1 atom stereocenters. The van der Waals surface area contributed by atoms with Crippen LogP contribution in [-0.4, -0.2) is 48.2 Å². The Morgan fingerprint density at radius 2 is 2.06 bits per heavy atom. The summed E-state index contributed by atoms with van der Waals surface area (Å²) in [7, 11) is 0. The van der Waals surface area contributed by atoms with Crippen molar-refractivity contribution in [3.63, 3.8) is 0 Å². The van der Waals surface area contributed by atoms with E-state index >= 15 is 0 Å². The van der Waals surface area contributed by atoms with E-state index in [1.165, 1.54) is 25.7 Å². The first kappa shape index (κ1) is 14.5. The molecular weight excluding hydrogens is 216 g/mol. The lowest BCUT2D eigenvalue weighted by atomic mass is 9.92. The predicted octanol–water partition coefficient (Wildman–Crippen LogP) is 1.56. The van der Waals surface area contributed by atoms with E-state index in [0.717, 1.165) is 19.0 Å². The minimum atomic E-state index is -0.734. The molecule has 2 N–H and O–H groups in total. The molecule has 0 saturated carbocycles. The quantitative estimate of drug-likeness (QED) is 0.711. The van der Waals surface area contributed by atoms with Gasteiger partial charge in [0.15, 0.2) is 0 Å². The Labute approximate surface area is 104 Å². The molecule has 4 nitrogen and oxygen atoms in total. The van der Waals surface area contributed by atoms with Crippen molar-refractivity contribution in [2.45, 2.75) is 45.6 Å². The van der Waals surface area contributed by atoms with Gasteiger partial charge in [-0.3, -0.25) is 4.79 Å². The van der Waals surface area contributed by atoms with Crippen LogP contribution in [0, 0.1) is 5.92 Å². The topological polar surface area (TPSA) is 52.6 Å².